The summed E-state index contributed by atoms with van der Waals surface area (Å²) in [5.74, 6) is 0.562. The van der Waals surface area contributed by atoms with Gasteiger partial charge >= 0.3 is 0 Å². The van der Waals surface area contributed by atoms with Crippen molar-refractivity contribution in [1.29, 1.82) is 0 Å². The van der Waals surface area contributed by atoms with Gasteiger partial charge in [-0.1, -0.05) is 24.3 Å². The second kappa shape index (κ2) is 6.35. The van der Waals surface area contributed by atoms with Gasteiger partial charge in [0.25, 0.3) is 0 Å². The van der Waals surface area contributed by atoms with Crippen molar-refractivity contribution in [3.63, 3.8) is 0 Å². The van der Waals surface area contributed by atoms with Gasteiger partial charge in [0.05, 0.1) is 6.10 Å². The van der Waals surface area contributed by atoms with Crippen LogP contribution >= 0.6 is 0 Å². The number of benzene rings is 1. The Labute approximate surface area is 111 Å². The molecule has 0 heterocycles. The topological polar surface area (TPSA) is 23.5 Å². The maximum atomic E-state index is 10.1. The van der Waals surface area contributed by atoms with Crippen molar-refractivity contribution >= 4 is 0 Å². The molecular formula is C16H25NO. The molecule has 0 saturated carbocycles. The molecule has 1 aliphatic rings. The van der Waals surface area contributed by atoms with Gasteiger partial charge in [-0.05, 0) is 69.8 Å². The zero-order valence-electron chi connectivity index (χ0n) is 11.6. The highest BCUT2D eigenvalue weighted by Gasteiger charge is 2.22. The highest BCUT2D eigenvalue weighted by Crippen LogP contribution is 2.34. The molecule has 0 fully saturated rings. The van der Waals surface area contributed by atoms with Gasteiger partial charge in [0.15, 0.2) is 0 Å². The maximum absolute atomic E-state index is 10.1. The fourth-order valence-electron chi connectivity index (χ4n) is 2.95. The second-order valence-corrected chi connectivity index (χ2v) is 5.77. The van der Waals surface area contributed by atoms with Gasteiger partial charge in [-0.25, -0.2) is 0 Å². The zero-order chi connectivity index (χ0) is 13.0. The molecule has 0 saturated heterocycles. The Balaban J connectivity index is 1.94. The summed E-state index contributed by atoms with van der Waals surface area (Å²) in [6, 6.07) is 8.75. The molecule has 1 N–H and O–H groups in total. The van der Waals surface area contributed by atoms with E-state index in [0.29, 0.717) is 5.92 Å². The smallest absolute Gasteiger partial charge is 0.0558 e. The van der Waals surface area contributed by atoms with Crippen LogP contribution in [-0.4, -0.2) is 36.8 Å². The number of aliphatic hydroxyl groups is 1. The number of nitrogens with zero attached hydrogens (tertiary/aromatic N) is 1. The Morgan fingerprint density at radius 3 is 2.89 bits per heavy atom. The summed E-state index contributed by atoms with van der Waals surface area (Å²) in [6.45, 7) is 0.968. The fourth-order valence-corrected chi connectivity index (χ4v) is 2.95. The maximum Gasteiger partial charge on any atom is 0.0558 e. The van der Waals surface area contributed by atoms with E-state index in [1.165, 1.54) is 30.4 Å². The average Bonchev–Trinajstić information content (AvgIpc) is 2.37. The highest BCUT2D eigenvalue weighted by atomic mass is 16.3. The quantitative estimate of drug-likeness (QED) is 0.865. The Hall–Kier alpha value is -0.860. The van der Waals surface area contributed by atoms with Crippen LogP contribution in [0.15, 0.2) is 24.3 Å². The summed E-state index contributed by atoms with van der Waals surface area (Å²) in [6.07, 6.45) is 5.35. The normalized spacial score (nSPS) is 20.8. The van der Waals surface area contributed by atoms with Crippen LogP contribution in [0.25, 0.3) is 0 Å². The zero-order valence-corrected chi connectivity index (χ0v) is 11.6. The molecule has 1 aromatic carbocycles. The number of aryl methyl sites for hydroxylation is 1. The molecule has 0 amide bonds. The largest absolute Gasteiger partial charge is 0.393 e. The van der Waals surface area contributed by atoms with Gasteiger partial charge in [0.2, 0.25) is 0 Å². The van der Waals surface area contributed by atoms with Crippen molar-refractivity contribution in [2.75, 3.05) is 20.6 Å². The van der Waals surface area contributed by atoms with Gasteiger partial charge in [0.1, 0.15) is 0 Å². The lowest BCUT2D eigenvalue weighted by atomic mass is 9.80. The van der Waals surface area contributed by atoms with Crippen molar-refractivity contribution in [3.8, 4) is 0 Å². The molecule has 2 rings (SSSR count). The van der Waals surface area contributed by atoms with E-state index in [0.717, 1.165) is 19.4 Å². The number of fused-ring (bicyclic) bond motifs is 1. The molecular weight excluding hydrogens is 222 g/mol. The van der Waals surface area contributed by atoms with Crippen LogP contribution in [0.3, 0.4) is 0 Å². The van der Waals surface area contributed by atoms with Gasteiger partial charge in [0, 0.05) is 0 Å². The van der Waals surface area contributed by atoms with E-state index in [1.807, 2.05) is 0 Å². The molecule has 2 atom stereocenters. The summed E-state index contributed by atoms with van der Waals surface area (Å²) in [4.78, 5) is 2.14. The number of aliphatic hydroxyl groups excluding tert-OH is 1. The summed E-state index contributed by atoms with van der Waals surface area (Å²) >= 11 is 0. The summed E-state index contributed by atoms with van der Waals surface area (Å²) in [7, 11) is 4.12. The highest BCUT2D eigenvalue weighted by molar-refractivity contribution is 5.32. The van der Waals surface area contributed by atoms with Crippen LogP contribution in [0.2, 0.25) is 0 Å². The monoisotopic (exact) mass is 247 g/mol. The first kappa shape index (κ1) is 13.6. The first-order valence-electron chi connectivity index (χ1n) is 7.07. The summed E-state index contributed by atoms with van der Waals surface area (Å²) in [5.41, 5.74) is 2.97. The third-order valence-electron chi connectivity index (χ3n) is 3.96. The molecule has 1 aromatic rings. The minimum Gasteiger partial charge on any atom is -0.393 e. The standard InChI is InChI=1S/C16H25NO/c1-17(2)11-10-15(18)12-14-8-5-7-13-6-3-4-9-16(13)14/h3-4,6,9,14-15,18H,5,7-8,10-12H2,1-2H3. The van der Waals surface area contributed by atoms with Crippen LogP contribution in [0.4, 0.5) is 0 Å². The minimum atomic E-state index is -0.163. The first-order valence-corrected chi connectivity index (χ1v) is 7.07. The van der Waals surface area contributed by atoms with E-state index < -0.39 is 0 Å². The van der Waals surface area contributed by atoms with Crippen LogP contribution in [0.1, 0.15) is 42.7 Å². The van der Waals surface area contributed by atoms with Crippen molar-refractivity contribution in [1.82, 2.24) is 4.90 Å². The molecule has 0 aliphatic heterocycles. The van der Waals surface area contributed by atoms with E-state index in [1.54, 1.807) is 0 Å². The Kier molecular flexibility index (Phi) is 4.79. The molecule has 100 valence electrons. The molecule has 0 aromatic heterocycles. The van der Waals surface area contributed by atoms with E-state index in [4.69, 9.17) is 0 Å². The predicted octanol–water partition coefficient (Wildman–Crippen LogP) is 2.81. The molecule has 0 bridgehead atoms. The fraction of sp³-hybridized carbons (Fsp3) is 0.625. The van der Waals surface area contributed by atoms with E-state index in [9.17, 15) is 5.11 Å². The van der Waals surface area contributed by atoms with Crippen LogP contribution < -0.4 is 0 Å². The third-order valence-corrected chi connectivity index (χ3v) is 3.96. The van der Waals surface area contributed by atoms with Crippen LogP contribution in [-0.2, 0) is 6.42 Å². The van der Waals surface area contributed by atoms with E-state index >= 15 is 0 Å². The SMILES string of the molecule is CN(C)CCC(O)CC1CCCc2ccccc21. The van der Waals surface area contributed by atoms with Gasteiger partial charge in [-0.3, -0.25) is 0 Å². The number of hydrogen-bond donors (Lipinski definition) is 1. The molecule has 2 nitrogen and oxygen atoms in total. The molecule has 2 heteroatoms. The van der Waals surface area contributed by atoms with Crippen molar-refractivity contribution < 1.29 is 5.11 Å². The summed E-state index contributed by atoms with van der Waals surface area (Å²) < 4.78 is 0. The Bertz CT molecular complexity index is 375. The van der Waals surface area contributed by atoms with Gasteiger partial charge < -0.3 is 10.0 Å². The lowest BCUT2D eigenvalue weighted by molar-refractivity contribution is 0.132. The van der Waals surface area contributed by atoms with Crippen LogP contribution in [0.5, 0.6) is 0 Å². The lowest BCUT2D eigenvalue weighted by Gasteiger charge is -2.27. The van der Waals surface area contributed by atoms with Gasteiger partial charge in [-0.15, -0.1) is 0 Å². The number of hydrogen-bond acceptors (Lipinski definition) is 2. The lowest BCUT2D eigenvalue weighted by Crippen LogP contribution is -2.22. The molecule has 1 aliphatic carbocycles. The van der Waals surface area contributed by atoms with Crippen LogP contribution in [0, 0.1) is 0 Å². The molecule has 0 spiro atoms. The third kappa shape index (κ3) is 3.56. The first-order chi connectivity index (χ1) is 8.66. The van der Waals surface area contributed by atoms with E-state index in [2.05, 4.69) is 43.3 Å². The van der Waals surface area contributed by atoms with Crippen molar-refractivity contribution in [2.45, 2.75) is 44.1 Å². The minimum absolute atomic E-state index is 0.163. The predicted molar refractivity (Wildman–Crippen MR) is 75.9 cm³/mol. The molecule has 0 radical (unpaired) electrons. The average molecular weight is 247 g/mol. The second-order valence-electron chi connectivity index (χ2n) is 5.77. The Morgan fingerprint density at radius 1 is 1.33 bits per heavy atom. The van der Waals surface area contributed by atoms with Crippen molar-refractivity contribution in [2.24, 2.45) is 0 Å². The van der Waals surface area contributed by atoms with Crippen molar-refractivity contribution in [3.05, 3.63) is 35.4 Å². The van der Waals surface area contributed by atoms with E-state index in [-0.39, 0.29) is 6.10 Å². The molecule has 18 heavy (non-hydrogen) atoms. The number of rotatable bonds is 5. The summed E-state index contributed by atoms with van der Waals surface area (Å²) in [5, 5.41) is 10.1. The van der Waals surface area contributed by atoms with Gasteiger partial charge in [-0.2, -0.15) is 0 Å². The molecule has 2 unspecified atom stereocenters. The Morgan fingerprint density at radius 2 is 2.11 bits per heavy atom.